The molecule has 0 aromatic carbocycles. The minimum atomic E-state index is -0.680. The first-order valence-corrected chi connectivity index (χ1v) is 4.52. The highest BCUT2D eigenvalue weighted by Gasteiger charge is 2.08. The molecule has 1 atom stereocenters. The molecule has 0 aromatic heterocycles. The number of carboxylic acid groups (broad SMARTS) is 1. The summed E-state index contributed by atoms with van der Waals surface area (Å²) in [6.07, 6.45) is 8.13. The summed E-state index contributed by atoms with van der Waals surface area (Å²) in [6, 6.07) is 0. The Morgan fingerprint density at radius 2 is 2.17 bits per heavy atom. The van der Waals surface area contributed by atoms with Crippen molar-refractivity contribution in [3.63, 3.8) is 0 Å². The molecule has 1 unspecified atom stereocenters. The fourth-order valence-corrected chi connectivity index (χ4v) is 1.00. The molecule has 0 saturated carbocycles. The van der Waals surface area contributed by atoms with Crippen LogP contribution in [0.3, 0.4) is 0 Å². The third-order valence-electron chi connectivity index (χ3n) is 1.92. The molecule has 1 N–H and O–H groups in total. The van der Waals surface area contributed by atoms with E-state index in [1.165, 1.54) is 0 Å². The molecule has 0 radical (unpaired) electrons. The van der Waals surface area contributed by atoms with E-state index in [-0.39, 0.29) is 5.92 Å². The van der Waals surface area contributed by atoms with Gasteiger partial charge in [0.1, 0.15) is 0 Å². The Hall–Kier alpha value is -0.790. The number of allylic oxidation sites excluding steroid dienone is 2. The zero-order chi connectivity index (χ0) is 9.40. The average molecular weight is 170 g/mol. The van der Waals surface area contributed by atoms with Gasteiger partial charge < -0.3 is 5.11 Å². The van der Waals surface area contributed by atoms with Crippen molar-refractivity contribution in [3.05, 3.63) is 12.2 Å². The summed E-state index contributed by atoms with van der Waals surface area (Å²) in [4.78, 5) is 10.4. The van der Waals surface area contributed by atoms with Crippen LogP contribution in [0, 0.1) is 5.92 Å². The van der Waals surface area contributed by atoms with Crippen LogP contribution in [0.4, 0.5) is 0 Å². The molecule has 0 fully saturated rings. The van der Waals surface area contributed by atoms with Crippen LogP contribution in [-0.2, 0) is 4.79 Å². The van der Waals surface area contributed by atoms with Gasteiger partial charge in [-0.3, -0.25) is 4.79 Å². The molecule has 0 amide bonds. The summed E-state index contributed by atoms with van der Waals surface area (Å²) in [5.41, 5.74) is 0. The molecule has 0 bridgehead atoms. The highest BCUT2D eigenvalue weighted by Crippen LogP contribution is 2.09. The predicted molar refractivity (Wildman–Crippen MR) is 50.1 cm³/mol. The summed E-state index contributed by atoms with van der Waals surface area (Å²) in [6.45, 7) is 3.76. The maximum absolute atomic E-state index is 10.4. The van der Waals surface area contributed by atoms with Crippen molar-refractivity contribution >= 4 is 5.97 Å². The van der Waals surface area contributed by atoms with Crippen LogP contribution in [0.1, 0.15) is 39.5 Å². The van der Waals surface area contributed by atoms with Crippen molar-refractivity contribution in [2.75, 3.05) is 0 Å². The molecular weight excluding hydrogens is 152 g/mol. The number of hydrogen-bond acceptors (Lipinski definition) is 1. The van der Waals surface area contributed by atoms with Gasteiger partial charge in [0.2, 0.25) is 0 Å². The Bertz CT molecular complexity index is 150. The summed E-state index contributed by atoms with van der Waals surface area (Å²) >= 11 is 0. The number of rotatable bonds is 6. The van der Waals surface area contributed by atoms with Gasteiger partial charge in [0.15, 0.2) is 0 Å². The molecule has 2 nitrogen and oxygen atoms in total. The monoisotopic (exact) mass is 170 g/mol. The van der Waals surface area contributed by atoms with Crippen molar-refractivity contribution in [2.24, 2.45) is 5.92 Å². The van der Waals surface area contributed by atoms with E-state index in [9.17, 15) is 4.79 Å². The summed E-state index contributed by atoms with van der Waals surface area (Å²) < 4.78 is 0. The third kappa shape index (κ3) is 5.96. The van der Waals surface area contributed by atoms with Crippen LogP contribution in [0.5, 0.6) is 0 Å². The standard InChI is InChI=1S/C10H18O2/c1-3-4-5-6-7-8-9(2)10(11)12/h3-4,9H,5-8H2,1-2H3,(H,11,12)/b4-3+. The van der Waals surface area contributed by atoms with Gasteiger partial charge in [-0.2, -0.15) is 0 Å². The summed E-state index contributed by atoms with van der Waals surface area (Å²) in [7, 11) is 0. The Kier molecular flexibility index (Phi) is 6.44. The first kappa shape index (κ1) is 11.2. The Morgan fingerprint density at radius 3 is 2.67 bits per heavy atom. The average Bonchev–Trinajstić information content (AvgIpc) is 2.03. The third-order valence-corrected chi connectivity index (χ3v) is 1.92. The van der Waals surface area contributed by atoms with E-state index in [2.05, 4.69) is 6.08 Å². The number of hydrogen-bond donors (Lipinski definition) is 1. The molecule has 2 heteroatoms. The zero-order valence-corrected chi connectivity index (χ0v) is 7.92. The lowest BCUT2D eigenvalue weighted by Gasteiger charge is -2.03. The van der Waals surface area contributed by atoms with Gasteiger partial charge in [0.25, 0.3) is 0 Å². The highest BCUT2D eigenvalue weighted by atomic mass is 16.4. The van der Waals surface area contributed by atoms with Gasteiger partial charge in [-0.05, 0) is 26.2 Å². The van der Waals surface area contributed by atoms with Crippen LogP contribution >= 0.6 is 0 Å². The Balaban J connectivity index is 3.25. The van der Waals surface area contributed by atoms with Crippen LogP contribution in [0.25, 0.3) is 0 Å². The lowest BCUT2D eigenvalue weighted by molar-refractivity contribution is -0.141. The molecular formula is C10H18O2. The number of carbonyl (C=O) groups is 1. The number of aliphatic carboxylic acids is 1. The van der Waals surface area contributed by atoms with E-state index < -0.39 is 5.97 Å². The molecule has 0 aliphatic carbocycles. The number of unbranched alkanes of at least 4 members (excludes halogenated alkanes) is 2. The molecule has 0 aliphatic heterocycles. The van der Waals surface area contributed by atoms with E-state index in [4.69, 9.17) is 5.11 Å². The Labute approximate surface area is 74.3 Å². The van der Waals surface area contributed by atoms with Crippen LogP contribution < -0.4 is 0 Å². The van der Waals surface area contributed by atoms with Gasteiger partial charge in [-0.25, -0.2) is 0 Å². The second kappa shape index (κ2) is 6.89. The molecule has 0 rings (SSSR count). The van der Waals surface area contributed by atoms with Crippen molar-refractivity contribution in [1.82, 2.24) is 0 Å². The van der Waals surface area contributed by atoms with Crippen LogP contribution in [0.2, 0.25) is 0 Å². The minimum Gasteiger partial charge on any atom is -0.481 e. The van der Waals surface area contributed by atoms with Crippen molar-refractivity contribution in [3.8, 4) is 0 Å². The number of carboxylic acids is 1. The minimum absolute atomic E-state index is 0.185. The van der Waals surface area contributed by atoms with E-state index in [1.807, 2.05) is 13.0 Å². The van der Waals surface area contributed by atoms with Gasteiger partial charge in [-0.1, -0.05) is 25.5 Å². The first-order valence-electron chi connectivity index (χ1n) is 4.52. The largest absolute Gasteiger partial charge is 0.481 e. The van der Waals surface area contributed by atoms with Gasteiger partial charge >= 0.3 is 5.97 Å². The van der Waals surface area contributed by atoms with E-state index in [0.717, 1.165) is 25.7 Å². The SMILES string of the molecule is C/C=C/CCCCC(C)C(=O)O. The lowest BCUT2D eigenvalue weighted by atomic mass is 10.0. The zero-order valence-electron chi connectivity index (χ0n) is 7.92. The van der Waals surface area contributed by atoms with E-state index in [1.54, 1.807) is 6.92 Å². The smallest absolute Gasteiger partial charge is 0.306 e. The maximum atomic E-state index is 10.4. The Morgan fingerprint density at radius 1 is 1.50 bits per heavy atom. The van der Waals surface area contributed by atoms with Crippen LogP contribution in [0.15, 0.2) is 12.2 Å². The first-order chi connectivity index (χ1) is 5.68. The summed E-state index contributed by atoms with van der Waals surface area (Å²) in [5.74, 6) is -0.864. The molecule has 0 spiro atoms. The molecule has 12 heavy (non-hydrogen) atoms. The molecule has 0 heterocycles. The van der Waals surface area contributed by atoms with Crippen molar-refractivity contribution in [2.45, 2.75) is 39.5 Å². The molecule has 0 aliphatic rings. The van der Waals surface area contributed by atoms with Crippen molar-refractivity contribution < 1.29 is 9.90 Å². The quantitative estimate of drug-likeness (QED) is 0.491. The second-order valence-corrected chi connectivity index (χ2v) is 3.09. The fourth-order valence-electron chi connectivity index (χ4n) is 1.00. The lowest BCUT2D eigenvalue weighted by Crippen LogP contribution is -2.08. The maximum Gasteiger partial charge on any atom is 0.306 e. The van der Waals surface area contributed by atoms with E-state index >= 15 is 0 Å². The molecule has 0 saturated heterocycles. The van der Waals surface area contributed by atoms with Gasteiger partial charge in [0, 0.05) is 0 Å². The fraction of sp³-hybridized carbons (Fsp3) is 0.700. The topological polar surface area (TPSA) is 37.3 Å². The van der Waals surface area contributed by atoms with E-state index in [0.29, 0.717) is 0 Å². The molecule has 0 aromatic rings. The normalized spacial score (nSPS) is 13.5. The van der Waals surface area contributed by atoms with Crippen molar-refractivity contribution in [1.29, 1.82) is 0 Å². The predicted octanol–water partition coefficient (Wildman–Crippen LogP) is 2.84. The van der Waals surface area contributed by atoms with Gasteiger partial charge in [-0.15, -0.1) is 0 Å². The molecule has 70 valence electrons. The summed E-state index contributed by atoms with van der Waals surface area (Å²) in [5, 5.41) is 8.57. The van der Waals surface area contributed by atoms with Crippen LogP contribution in [-0.4, -0.2) is 11.1 Å². The second-order valence-electron chi connectivity index (χ2n) is 3.09. The van der Waals surface area contributed by atoms with Gasteiger partial charge in [0.05, 0.1) is 5.92 Å². The highest BCUT2D eigenvalue weighted by molar-refractivity contribution is 5.69.